The van der Waals surface area contributed by atoms with Crippen LogP contribution in [0.15, 0.2) is 0 Å². The van der Waals surface area contributed by atoms with Crippen LogP contribution in [0.1, 0.15) is 57.8 Å². The van der Waals surface area contributed by atoms with Crippen molar-refractivity contribution in [3.63, 3.8) is 0 Å². The Balaban J connectivity index is 1.73. The Labute approximate surface area is 117 Å². The molecule has 0 aliphatic heterocycles. The summed E-state index contributed by atoms with van der Waals surface area (Å²) in [5.41, 5.74) is 0. The van der Waals surface area contributed by atoms with Crippen molar-refractivity contribution in [3.05, 3.63) is 0 Å². The van der Waals surface area contributed by atoms with Gasteiger partial charge in [0, 0.05) is 26.1 Å². The van der Waals surface area contributed by atoms with Crippen LogP contribution in [-0.2, 0) is 4.79 Å². The zero-order chi connectivity index (χ0) is 13.7. The minimum Gasteiger partial charge on any atom is -0.396 e. The molecule has 2 aliphatic rings. The average Bonchev–Trinajstić information content (AvgIpc) is 2.92. The zero-order valence-electron chi connectivity index (χ0n) is 12.3. The summed E-state index contributed by atoms with van der Waals surface area (Å²) in [6.07, 6.45) is 10.5. The van der Waals surface area contributed by atoms with Crippen molar-refractivity contribution < 1.29 is 9.90 Å². The number of hydrogen-bond donors (Lipinski definition) is 1. The van der Waals surface area contributed by atoms with Crippen LogP contribution in [0.25, 0.3) is 0 Å². The minimum atomic E-state index is 0.251. The molecular formula is C16H29NO2. The van der Waals surface area contributed by atoms with Crippen LogP contribution in [0.2, 0.25) is 0 Å². The second-order valence-electron chi connectivity index (χ2n) is 6.60. The van der Waals surface area contributed by atoms with Gasteiger partial charge in [-0.25, -0.2) is 0 Å². The molecule has 2 aliphatic carbocycles. The highest BCUT2D eigenvalue weighted by atomic mass is 16.3. The molecule has 3 heteroatoms. The Morgan fingerprint density at radius 3 is 2.26 bits per heavy atom. The summed E-state index contributed by atoms with van der Waals surface area (Å²) in [6.45, 7) is 1.26. The van der Waals surface area contributed by atoms with Gasteiger partial charge in [-0.05, 0) is 56.8 Å². The van der Waals surface area contributed by atoms with Crippen molar-refractivity contribution in [1.29, 1.82) is 0 Å². The molecule has 0 bridgehead atoms. The van der Waals surface area contributed by atoms with Gasteiger partial charge < -0.3 is 10.0 Å². The van der Waals surface area contributed by atoms with Gasteiger partial charge in [0.2, 0.25) is 5.91 Å². The Hall–Kier alpha value is -0.570. The van der Waals surface area contributed by atoms with E-state index in [4.69, 9.17) is 5.11 Å². The molecule has 2 fully saturated rings. The van der Waals surface area contributed by atoms with Crippen molar-refractivity contribution in [1.82, 2.24) is 4.90 Å². The molecule has 2 saturated carbocycles. The first kappa shape index (κ1) is 14.8. The Kier molecular flexibility index (Phi) is 5.68. The predicted octanol–water partition coefficient (Wildman–Crippen LogP) is 2.82. The lowest BCUT2D eigenvalue weighted by molar-refractivity contribution is -0.136. The number of amides is 1. The van der Waals surface area contributed by atoms with Crippen molar-refractivity contribution >= 4 is 5.91 Å². The lowest BCUT2D eigenvalue weighted by Crippen LogP contribution is -2.37. The maximum Gasteiger partial charge on any atom is 0.225 e. The van der Waals surface area contributed by atoms with E-state index in [1.54, 1.807) is 0 Å². The Morgan fingerprint density at radius 2 is 1.68 bits per heavy atom. The molecule has 0 aromatic carbocycles. The van der Waals surface area contributed by atoms with E-state index in [0.717, 1.165) is 44.6 Å². The summed E-state index contributed by atoms with van der Waals surface area (Å²) in [4.78, 5) is 14.4. The maximum atomic E-state index is 12.4. The van der Waals surface area contributed by atoms with Crippen molar-refractivity contribution in [2.75, 3.05) is 20.2 Å². The molecule has 0 aromatic rings. The molecule has 2 rings (SSSR count). The van der Waals surface area contributed by atoms with Crippen molar-refractivity contribution in [2.24, 2.45) is 17.8 Å². The second-order valence-corrected chi connectivity index (χ2v) is 6.60. The van der Waals surface area contributed by atoms with Crippen LogP contribution in [0.4, 0.5) is 0 Å². The molecule has 19 heavy (non-hydrogen) atoms. The van der Waals surface area contributed by atoms with E-state index in [0.29, 0.717) is 18.4 Å². The monoisotopic (exact) mass is 267 g/mol. The topological polar surface area (TPSA) is 40.5 Å². The summed E-state index contributed by atoms with van der Waals surface area (Å²) in [6, 6.07) is 0. The normalized spacial score (nSPS) is 28.5. The number of hydrogen-bond acceptors (Lipinski definition) is 2. The molecule has 3 nitrogen and oxygen atoms in total. The number of carbonyl (C=O) groups is 1. The summed E-state index contributed by atoms with van der Waals surface area (Å²) in [7, 11) is 1.99. The van der Waals surface area contributed by atoms with Crippen molar-refractivity contribution in [3.8, 4) is 0 Å². The van der Waals surface area contributed by atoms with E-state index in [1.807, 2.05) is 11.9 Å². The van der Waals surface area contributed by atoms with E-state index >= 15 is 0 Å². The Morgan fingerprint density at radius 1 is 1.05 bits per heavy atom. The van der Waals surface area contributed by atoms with Crippen LogP contribution in [0.5, 0.6) is 0 Å². The van der Waals surface area contributed by atoms with Gasteiger partial charge in [-0.3, -0.25) is 4.79 Å². The maximum absolute atomic E-state index is 12.4. The quantitative estimate of drug-likeness (QED) is 0.832. The van der Waals surface area contributed by atoms with E-state index in [2.05, 4.69) is 0 Å². The fraction of sp³-hybridized carbons (Fsp3) is 0.938. The first-order chi connectivity index (χ1) is 9.20. The molecular weight excluding hydrogens is 238 g/mol. The highest BCUT2D eigenvalue weighted by Gasteiger charge is 2.29. The molecule has 0 saturated heterocycles. The third-order valence-electron chi connectivity index (χ3n) is 5.12. The number of carbonyl (C=O) groups excluding carboxylic acids is 1. The highest BCUT2D eigenvalue weighted by molar-refractivity contribution is 5.78. The van der Waals surface area contributed by atoms with Gasteiger partial charge in [0.15, 0.2) is 0 Å². The molecule has 0 aromatic heterocycles. The third kappa shape index (κ3) is 4.20. The van der Waals surface area contributed by atoms with Crippen LogP contribution < -0.4 is 0 Å². The summed E-state index contributed by atoms with van der Waals surface area (Å²) >= 11 is 0. The smallest absolute Gasteiger partial charge is 0.225 e. The van der Waals surface area contributed by atoms with E-state index in [9.17, 15) is 4.79 Å². The van der Waals surface area contributed by atoms with E-state index in [1.165, 1.54) is 25.7 Å². The number of nitrogens with zero attached hydrogens (tertiary/aromatic N) is 1. The van der Waals surface area contributed by atoms with Gasteiger partial charge in [-0.2, -0.15) is 0 Å². The summed E-state index contributed by atoms with van der Waals surface area (Å²) in [5, 5.41) is 8.97. The molecule has 0 atom stereocenters. The molecule has 1 amide bonds. The van der Waals surface area contributed by atoms with Crippen LogP contribution >= 0.6 is 0 Å². The van der Waals surface area contributed by atoms with Crippen LogP contribution in [0.3, 0.4) is 0 Å². The second kappa shape index (κ2) is 7.28. The van der Waals surface area contributed by atoms with Crippen LogP contribution in [-0.4, -0.2) is 36.1 Å². The fourth-order valence-electron chi connectivity index (χ4n) is 3.86. The molecule has 0 heterocycles. The average molecular weight is 267 g/mol. The van der Waals surface area contributed by atoms with Crippen LogP contribution in [0, 0.1) is 17.8 Å². The number of rotatable bonds is 5. The standard InChI is InChI=1S/C16H29NO2/c1-17(12-14-4-2-3-5-14)16(19)15-8-6-13(7-9-15)10-11-18/h13-15,18H,2-12H2,1H3. The molecule has 110 valence electrons. The number of aliphatic hydroxyl groups is 1. The third-order valence-corrected chi connectivity index (χ3v) is 5.12. The van der Waals surface area contributed by atoms with Gasteiger partial charge in [0.1, 0.15) is 0 Å². The SMILES string of the molecule is CN(CC1CCCC1)C(=O)C1CCC(CCO)CC1. The lowest BCUT2D eigenvalue weighted by Gasteiger charge is -2.31. The summed E-state index contributed by atoms with van der Waals surface area (Å²) in [5.74, 6) is 2.02. The van der Waals surface area contributed by atoms with E-state index < -0.39 is 0 Å². The first-order valence-electron chi connectivity index (χ1n) is 8.06. The molecule has 1 N–H and O–H groups in total. The highest BCUT2D eigenvalue weighted by Crippen LogP contribution is 2.32. The van der Waals surface area contributed by atoms with E-state index in [-0.39, 0.29) is 5.92 Å². The minimum absolute atomic E-state index is 0.251. The van der Waals surface area contributed by atoms with Gasteiger partial charge in [-0.15, -0.1) is 0 Å². The Bertz CT molecular complexity index is 278. The largest absolute Gasteiger partial charge is 0.396 e. The zero-order valence-corrected chi connectivity index (χ0v) is 12.3. The van der Waals surface area contributed by atoms with Crippen molar-refractivity contribution in [2.45, 2.75) is 57.8 Å². The first-order valence-corrected chi connectivity index (χ1v) is 8.06. The molecule has 0 radical (unpaired) electrons. The van der Waals surface area contributed by atoms with Gasteiger partial charge in [0.25, 0.3) is 0 Å². The number of aliphatic hydroxyl groups excluding tert-OH is 1. The fourth-order valence-corrected chi connectivity index (χ4v) is 3.86. The molecule has 0 unspecified atom stereocenters. The van der Waals surface area contributed by atoms with Gasteiger partial charge in [0.05, 0.1) is 0 Å². The predicted molar refractivity (Wildman–Crippen MR) is 76.7 cm³/mol. The van der Waals surface area contributed by atoms with Gasteiger partial charge >= 0.3 is 0 Å². The molecule has 0 spiro atoms. The lowest BCUT2D eigenvalue weighted by atomic mass is 9.80. The van der Waals surface area contributed by atoms with Gasteiger partial charge in [-0.1, -0.05) is 12.8 Å². The summed E-state index contributed by atoms with van der Waals surface area (Å²) < 4.78 is 0.